The first-order valence-corrected chi connectivity index (χ1v) is 6.72. The first kappa shape index (κ1) is 13.8. The van der Waals surface area contributed by atoms with Gasteiger partial charge in [-0.25, -0.2) is 14.3 Å². The highest BCUT2D eigenvalue weighted by atomic mass is 32.2. The lowest BCUT2D eigenvalue weighted by Crippen LogP contribution is -2.16. The summed E-state index contributed by atoms with van der Waals surface area (Å²) in [5, 5.41) is 6.67. The number of nitrogens with one attached hydrogen (secondary N) is 1. The Kier molecular flexibility index (Phi) is 4.06. The van der Waals surface area contributed by atoms with Gasteiger partial charge in [-0.2, -0.15) is 0 Å². The van der Waals surface area contributed by atoms with Crippen molar-refractivity contribution in [1.29, 1.82) is 0 Å². The van der Waals surface area contributed by atoms with Crippen molar-refractivity contribution >= 4 is 11.8 Å². The molecule has 1 aromatic carbocycles. The van der Waals surface area contributed by atoms with E-state index in [1.807, 2.05) is 6.92 Å². The molecule has 3 N–H and O–H groups in total. The standard InChI is InChI=1S/C12H15FN4OS/c1-3-17-11(18)15-16-12(17)19-10-5-4-8(7(2)14)6-9(10)13/h4-7H,3,14H2,1-2H3,(H,15,18)/t7-/m1/s1. The van der Waals surface area contributed by atoms with E-state index in [1.165, 1.54) is 10.6 Å². The Labute approximate surface area is 114 Å². The summed E-state index contributed by atoms with van der Waals surface area (Å²) in [6.45, 7) is 4.11. The summed E-state index contributed by atoms with van der Waals surface area (Å²) in [6, 6.07) is 4.62. The van der Waals surface area contributed by atoms with E-state index in [4.69, 9.17) is 5.73 Å². The first-order valence-electron chi connectivity index (χ1n) is 5.91. The van der Waals surface area contributed by atoms with Crippen LogP contribution >= 0.6 is 11.8 Å². The number of nitrogens with zero attached hydrogens (tertiary/aromatic N) is 2. The molecule has 0 aliphatic rings. The fourth-order valence-electron chi connectivity index (χ4n) is 1.64. The second kappa shape index (κ2) is 5.58. The van der Waals surface area contributed by atoms with Crippen molar-refractivity contribution in [2.45, 2.75) is 36.5 Å². The van der Waals surface area contributed by atoms with E-state index in [0.717, 1.165) is 17.3 Å². The molecule has 0 bridgehead atoms. The fraction of sp³-hybridized carbons (Fsp3) is 0.333. The van der Waals surface area contributed by atoms with Crippen molar-refractivity contribution in [3.63, 3.8) is 0 Å². The Morgan fingerprint density at radius 2 is 2.32 bits per heavy atom. The van der Waals surface area contributed by atoms with Crippen molar-refractivity contribution in [3.8, 4) is 0 Å². The molecule has 0 saturated carbocycles. The Morgan fingerprint density at radius 1 is 1.58 bits per heavy atom. The average Bonchev–Trinajstić information content (AvgIpc) is 2.72. The van der Waals surface area contributed by atoms with Crippen molar-refractivity contribution in [1.82, 2.24) is 14.8 Å². The van der Waals surface area contributed by atoms with Crippen LogP contribution in [-0.2, 0) is 6.54 Å². The van der Waals surface area contributed by atoms with Crippen molar-refractivity contribution in [3.05, 3.63) is 40.1 Å². The van der Waals surface area contributed by atoms with Gasteiger partial charge in [-0.05, 0) is 43.3 Å². The van der Waals surface area contributed by atoms with Gasteiger partial charge in [0.25, 0.3) is 0 Å². The third kappa shape index (κ3) is 2.87. The number of benzene rings is 1. The number of hydrogen-bond donors (Lipinski definition) is 2. The van der Waals surface area contributed by atoms with E-state index >= 15 is 0 Å². The predicted octanol–water partition coefficient (Wildman–Crippen LogP) is 1.90. The summed E-state index contributed by atoms with van der Waals surface area (Å²) in [4.78, 5) is 11.8. The molecule has 1 aromatic heterocycles. The SMILES string of the molecule is CCn1c(Sc2ccc([C@@H](C)N)cc2F)n[nH]c1=O. The van der Waals surface area contributed by atoms with E-state index in [-0.39, 0.29) is 17.5 Å². The number of aromatic amines is 1. The quantitative estimate of drug-likeness (QED) is 0.898. The van der Waals surface area contributed by atoms with Gasteiger partial charge in [0.15, 0.2) is 5.16 Å². The zero-order valence-corrected chi connectivity index (χ0v) is 11.5. The molecule has 0 amide bonds. The van der Waals surface area contributed by atoms with Gasteiger partial charge < -0.3 is 5.73 Å². The maximum Gasteiger partial charge on any atom is 0.343 e. The van der Waals surface area contributed by atoms with Gasteiger partial charge in [0.05, 0.1) is 4.90 Å². The molecule has 0 unspecified atom stereocenters. The molecule has 0 spiro atoms. The second-order valence-electron chi connectivity index (χ2n) is 4.14. The van der Waals surface area contributed by atoms with Crippen LogP contribution in [0.2, 0.25) is 0 Å². The molecule has 2 aromatic rings. The number of nitrogens with two attached hydrogens (primary N) is 1. The normalized spacial score (nSPS) is 12.6. The van der Waals surface area contributed by atoms with Gasteiger partial charge in [-0.3, -0.25) is 4.57 Å². The molecular formula is C12H15FN4OS. The summed E-state index contributed by atoms with van der Waals surface area (Å²) < 4.78 is 15.4. The van der Waals surface area contributed by atoms with Gasteiger partial charge in [-0.1, -0.05) is 6.07 Å². The molecule has 2 rings (SSSR count). The summed E-state index contributed by atoms with van der Waals surface area (Å²) >= 11 is 1.11. The molecule has 5 nitrogen and oxygen atoms in total. The van der Waals surface area contributed by atoms with Crippen LogP contribution in [0.1, 0.15) is 25.5 Å². The van der Waals surface area contributed by atoms with Crippen molar-refractivity contribution < 1.29 is 4.39 Å². The molecule has 0 aliphatic carbocycles. The highest BCUT2D eigenvalue weighted by Crippen LogP contribution is 2.29. The van der Waals surface area contributed by atoms with Crippen LogP contribution in [-0.4, -0.2) is 14.8 Å². The zero-order valence-electron chi connectivity index (χ0n) is 10.7. The minimum atomic E-state index is -0.363. The fourth-order valence-corrected chi connectivity index (χ4v) is 2.54. The van der Waals surface area contributed by atoms with Crippen LogP contribution in [0.15, 0.2) is 33.0 Å². The minimum Gasteiger partial charge on any atom is -0.324 e. The smallest absolute Gasteiger partial charge is 0.324 e. The molecule has 7 heteroatoms. The molecule has 0 saturated heterocycles. The van der Waals surface area contributed by atoms with E-state index in [2.05, 4.69) is 10.2 Å². The molecule has 0 fully saturated rings. The Balaban J connectivity index is 2.31. The average molecular weight is 282 g/mol. The number of aromatic nitrogens is 3. The third-order valence-corrected chi connectivity index (χ3v) is 3.77. The van der Waals surface area contributed by atoms with E-state index in [9.17, 15) is 9.18 Å². The highest BCUT2D eigenvalue weighted by Gasteiger charge is 2.12. The summed E-state index contributed by atoms with van der Waals surface area (Å²) in [6.07, 6.45) is 0. The lowest BCUT2D eigenvalue weighted by Gasteiger charge is -2.08. The molecule has 1 heterocycles. The Hall–Kier alpha value is -1.60. The van der Waals surface area contributed by atoms with Crippen LogP contribution in [0.3, 0.4) is 0 Å². The van der Waals surface area contributed by atoms with Gasteiger partial charge >= 0.3 is 5.69 Å². The van der Waals surface area contributed by atoms with E-state index < -0.39 is 0 Å². The molecule has 0 radical (unpaired) electrons. The van der Waals surface area contributed by atoms with Crippen LogP contribution in [0.5, 0.6) is 0 Å². The lowest BCUT2D eigenvalue weighted by atomic mass is 10.1. The molecule has 102 valence electrons. The monoisotopic (exact) mass is 282 g/mol. The predicted molar refractivity (Wildman–Crippen MR) is 71.6 cm³/mol. The number of rotatable bonds is 4. The Morgan fingerprint density at radius 3 is 2.89 bits per heavy atom. The van der Waals surface area contributed by atoms with Crippen molar-refractivity contribution in [2.75, 3.05) is 0 Å². The van der Waals surface area contributed by atoms with Crippen LogP contribution in [0.25, 0.3) is 0 Å². The van der Waals surface area contributed by atoms with Gasteiger partial charge in [0.1, 0.15) is 5.82 Å². The number of hydrogen-bond acceptors (Lipinski definition) is 4. The van der Waals surface area contributed by atoms with Crippen LogP contribution < -0.4 is 11.4 Å². The summed E-state index contributed by atoms with van der Waals surface area (Å²) in [5.41, 5.74) is 6.14. The molecule has 1 atom stereocenters. The maximum absolute atomic E-state index is 13.9. The third-order valence-electron chi connectivity index (χ3n) is 2.72. The number of H-pyrrole nitrogens is 1. The maximum atomic E-state index is 13.9. The van der Waals surface area contributed by atoms with Crippen LogP contribution in [0, 0.1) is 5.82 Å². The molecular weight excluding hydrogens is 267 g/mol. The number of halogens is 1. The summed E-state index contributed by atoms with van der Waals surface area (Å²) in [7, 11) is 0. The highest BCUT2D eigenvalue weighted by molar-refractivity contribution is 7.99. The van der Waals surface area contributed by atoms with Gasteiger partial charge in [0.2, 0.25) is 0 Å². The van der Waals surface area contributed by atoms with Crippen LogP contribution in [0.4, 0.5) is 4.39 Å². The topological polar surface area (TPSA) is 76.7 Å². The zero-order chi connectivity index (χ0) is 14.0. The van der Waals surface area contributed by atoms with E-state index in [1.54, 1.807) is 19.1 Å². The second-order valence-corrected chi connectivity index (χ2v) is 5.15. The van der Waals surface area contributed by atoms with Gasteiger partial charge in [-0.15, -0.1) is 5.10 Å². The largest absolute Gasteiger partial charge is 0.343 e. The van der Waals surface area contributed by atoms with Crippen molar-refractivity contribution in [2.24, 2.45) is 5.73 Å². The molecule has 0 aliphatic heterocycles. The first-order chi connectivity index (χ1) is 9.02. The molecule has 19 heavy (non-hydrogen) atoms. The van der Waals surface area contributed by atoms with Gasteiger partial charge in [0, 0.05) is 12.6 Å². The Bertz CT molecular complexity index is 635. The lowest BCUT2D eigenvalue weighted by molar-refractivity contribution is 0.595. The summed E-state index contributed by atoms with van der Waals surface area (Å²) in [5.74, 6) is -0.363. The minimum absolute atomic E-state index is 0.215. The van der Waals surface area contributed by atoms with E-state index in [0.29, 0.717) is 16.6 Å².